The summed E-state index contributed by atoms with van der Waals surface area (Å²) in [6.45, 7) is 4.01. The zero-order chi connectivity index (χ0) is 18.6. The molecule has 1 atom stereocenters. The first-order valence-corrected chi connectivity index (χ1v) is 10.8. The fourth-order valence-electron chi connectivity index (χ4n) is 4.74. The summed E-state index contributed by atoms with van der Waals surface area (Å²) in [7, 11) is 0. The molecule has 1 saturated heterocycles. The van der Waals surface area contributed by atoms with Crippen LogP contribution in [0.15, 0.2) is 18.2 Å². The lowest BCUT2D eigenvalue weighted by Crippen LogP contribution is -2.49. The van der Waals surface area contributed by atoms with Crippen LogP contribution >= 0.6 is 11.6 Å². The number of ether oxygens (including phenoxy) is 1. The lowest BCUT2D eigenvalue weighted by atomic mass is 10.0. The van der Waals surface area contributed by atoms with Crippen LogP contribution in [0.3, 0.4) is 0 Å². The van der Waals surface area contributed by atoms with E-state index in [4.69, 9.17) is 16.3 Å². The van der Waals surface area contributed by atoms with E-state index in [9.17, 15) is 4.79 Å². The van der Waals surface area contributed by atoms with Crippen molar-refractivity contribution in [3.63, 3.8) is 0 Å². The van der Waals surface area contributed by atoms with Crippen molar-refractivity contribution in [1.29, 1.82) is 0 Å². The average Bonchev–Trinajstić information content (AvgIpc) is 3.17. The summed E-state index contributed by atoms with van der Waals surface area (Å²) in [6, 6.07) is 5.85. The molecule has 4 rings (SSSR count). The third-order valence-corrected chi connectivity index (χ3v) is 6.54. The molecular formula is C21H30ClN3O2. The average molecular weight is 392 g/mol. The summed E-state index contributed by atoms with van der Waals surface area (Å²) in [5.41, 5.74) is 0.968. The van der Waals surface area contributed by atoms with Gasteiger partial charge in [0.25, 0.3) is 0 Å². The molecule has 1 aromatic rings. The van der Waals surface area contributed by atoms with Crippen molar-refractivity contribution in [3.8, 4) is 5.75 Å². The summed E-state index contributed by atoms with van der Waals surface area (Å²) in [5.74, 6) is 1.61. The molecule has 0 radical (unpaired) electrons. The Kier molecular flexibility index (Phi) is 6.08. The summed E-state index contributed by atoms with van der Waals surface area (Å²) in [6.07, 6.45) is 8.45. The number of hydrogen-bond acceptors (Lipinski definition) is 3. The van der Waals surface area contributed by atoms with Gasteiger partial charge in [0, 0.05) is 37.7 Å². The highest BCUT2D eigenvalue weighted by molar-refractivity contribution is 6.32. The molecule has 3 aliphatic rings. The number of carbonyl (C=O) groups is 1. The molecule has 0 spiro atoms. The number of fused-ring (bicyclic) bond motifs is 1. The number of nitrogens with one attached hydrogen (secondary N) is 2. The van der Waals surface area contributed by atoms with E-state index in [1.54, 1.807) is 0 Å². The lowest BCUT2D eigenvalue weighted by Gasteiger charge is -2.34. The standard InChI is InChI=1S/C21H30ClN3O2/c22-18-7-3-6-17-19(10-13-27-20(17)18)24-21(26)23-16-8-11-25(12-9-16)14-15-4-1-2-5-15/h3,6-7,15-16,19H,1-2,4-5,8-14H2,(H2,23,24,26)/t19-/m1/s1. The molecule has 2 fully saturated rings. The molecule has 2 aliphatic heterocycles. The van der Waals surface area contributed by atoms with E-state index in [1.165, 1.54) is 32.2 Å². The highest BCUT2D eigenvalue weighted by Crippen LogP contribution is 2.37. The van der Waals surface area contributed by atoms with Gasteiger partial charge in [-0.2, -0.15) is 0 Å². The van der Waals surface area contributed by atoms with Crippen molar-refractivity contribution >= 4 is 17.6 Å². The maximum absolute atomic E-state index is 12.5. The smallest absolute Gasteiger partial charge is 0.315 e. The van der Waals surface area contributed by atoms with E-state index in [-0.39, 0.29) is 18.1 Å². The number of halogens is 1. The number of hydrogen-bond donors (Lipinski definition) is 2. The number of para-hydroxylation sites is 1. The molecule has 2 amide bonds. The van der Waals surface area contributed by atoms with E-state index in [2.05, 4.69) is 15.5 Å². The summed E-state index contributed by atoms with van der Waals surface area (Å²) in [4.78, 5) is 15.1. The topological polar surface area (TPSA) is 53.6 Å². The van der Waals surface area contributed by atoms with Crippen LogP contribution in [0, 0.1) is 5.92 Å². The van der Waals surface area contributed by atoms with Gasteiger partial charge in [0.2, 0.25) is 0 Å². The van der Waals surface area contributed by atoms with Gasteiger partial charge in [-0.15, -0.1) is 0 Å². The predicted octanol–water partition coefficient (Wildman–Crippen LogP) is 4.12. The molecule has 2 heterocycles. The van der Waals surface area contributed by atoms with Crippen molar-refractivity contribution < 1.29 is 9.53 Å². The van der Waals surface area contributed by atoms with E-state index in [1.807, 2.05) is 18.2 Å². The number of carbonyl (C=O) groups excluding carboxylic acids is 1. The Hall–Kier alpha value is -1.46. The second-order valence-electron chi connectivity index (χ2n) is 8.19. The number of amides is 2. The van der Waals surface area contributed by atoms with Gasteiger partial charge >= 0.3 is 6.03 Å². The zero-order valence-corrected chi connectivity index (χ0v) is 16.6. The minimum atomic E-state index is -0.0814. The van der Waals surface area contributed by atoms with Gasteiger partial charge in [0.05, 0.1) is 17.7 Å². The maximum Gasteiger partial charge on any atom is 0.315 e. The number of piperidine rings is 1. The summed E-state index contributed by atoms with van der Waals surface area (Å²) in [5, 5.41) is 6.90. The van der Waals surface area contributed by atoms with Crippen molar-refractivity contribution in [2.24, 2.45) is 5.92 Å². The molecule has 0 unspecified atom stereocenters. The van der Waals surface area contributed by atoms with Gasteiger partial charge in [0.1, 0.15) is 5.75 Å². The molecule has 2 N–H and O–H groups in total. The predicted molar refractivity (Wildman–Crippen MR) is 107 cm³/mol. The third kappa shape index (κ3) is 4.69. The fourth-order valence-corrected chi connectivity index (χ4v) is 4.98. The Labute approximate surface area is 166 Å². The Balaban J connectivity index is 1.24. The zero-order valence-electron chi connectivity index (χ0n) is 15.9. The Morgan fingerprint density at radius 1 is 1.11 bits per heavy atom. The fraction of sp³-hybridized carbons (Fsp3) is 0.667. The number of benzene rings is 1. The quantitative estimate of drug-likeness (QED) is 0.811. The van der Waals surface area contributed by atoms with E-state index in [0.717, 1.165) is 43.8 Å². The van der Waals surface area contributed by atoms with Crippen LogP contribution in [0.25, 0.3) is 0 Å². The van der Waals surface area contributed by atoms with Gasteiger partial charge in [-0.05, 0) is 37.7 Å². The van der Waals surface area contributed by atoms with E-state index >= 15 is 0 Å². The molecule has 0 bridgehead atoms. The maximum atomic E-state index is 12.5. The second kappa shape index (κ2) is 8.70. The Morgan fingerprint density at radius 2 is 1.89 bits per heavy atom. The van der Waals surface area contributed by atoms with Gasteiger partial charge in [-0.3, -0.25) is 0 Å². The molecule has 27 heavy (non-hydrogen) atoms. The third-order valence-electron chi connectivity index (χ3n) is 6.25. The molecule has 148 valence electrons. The van der Waals surface area contributed by atoms with Crippen molar-refractivity contribution in [1.82, 2.24) is 15.5 Å². The number of rotatable bonds is 4. The summed E-state index contributed by atoms with van der Waals surface area (Å²) < 4.78 is 5.67. The lowest BCUT2D eigenvalue weighted by molar-refractivity contribution is 0.170. The second-order valence-corrected chi connectivity index (χ2v) is 8.60. The van der Waals surface area contributed by atoms with Crippen LogP contribution < -0.4 is 15.4 Å². The first-order chi connectivity index (χ1) is 13.2. The normalized spacial score (nSPS) is 24.3. The highest BCUT2D eigenvalue weighted by atomic mass is 35.5. The Morgan fingerprint density at radius 3 is 2.67 bits per heavy atom. The SMILES string of the molecule is O=C(NC1CCN(CC2CCCC2)CC1)N[C@@H]1CCOc2c(Cl)cccc21. The van der Waals surface area contributed by atoms with Gasteiger partial charge in [-0.1, -0.05) is 36.6 Å². The molecule has 1 aromatic carbocycles. The van der Waals surface area contributed by atoms with Gasteiger partial charge < -0.3 is 20.3 Å². The number of likely N-dealkylation sites (tertiary alicyclic amines) is 1. The molecule has 5 nitrogen and oxygen atoms in total. The van der Waals surface area contributed by atoms with Gasteiger partial charge in [0.15, 0.2) is 0 Å². The van der Waals surface area contributed by atoms with Gasteiger partial charge in [-0.25, -0.2) is 4.79 Å². The number of urea groups is 1. The number of nitrogens with zero attached hydrogens (tertiary/aromatic N) is 1. The van der Waals surface area contributed by atoms with Crippen LogP contribution in [0.2, 0.25) is 5.02 Å². The molecule has 0 aromatic heterocycles. The van der Waals surface area contributed by atoms with E-state index in [0.29, 0.717) is 17.4 Å². The first-order valence-electron chi connectivity index (χ1n) is 10.4. The van der Waals surface area contributed by atoms with Crippen molar-refractivity contribution in [2.45, 2.75) is 57.0 Å². The molecule has 6 heteroatoms. The van der Waals surface area contributed by atoms with Crippen molar-refractivity contribution in [3.05, 3.63) is 28.8 Å². The van der Waals surface area contributed by atoms with E-state index < -0.39 is 0 Å². The molecule has 1 saturated carbocycles. The molecule has 1 aliphatic carbocycles. The minimum absolute atomic E-state index is 0.0464. The largest absolute Gasteiger partial charge is 0.492 e. The molecular weight excluding hydrogens is 362 g/mol. The van der Waals surface area contributed by atoms with Crippen LogP contribution in [-0.2, 0) is 0 Å². The van der Waals surface area contributed by atoms with Crippen LogP contribution in [-0.4, -0.2) is 43.2 Å². The van der Waals surface area contributed by atoms with Crippen LogP contribution in [0.1, 0.15) is 56.6 Å². The van der Waals surface area contributed by atoms with Crippen molar-refractivity contribution in [2.75, 3.05) is 26.2 Å². The van der Waals surface area contributed by atoms with Crippen LogP contribution in [0.5, 0.6) is 5.75 Å². The van der Waals surface area contributed by atoms with Crippen LogP contribution in [0.4, 0.5) is 4.79 Å². The first kappa shape index (κ1) is 18.9. The summed E-state index contributed by atoms with van der Waals surface area (Å²) >= 11 is 6.22. The Bertz CT molecular complexity index is 655. The monoisotopic (exact) mass is 391 g/mol. The minimum Gasteiger partial charge on any atom is -0.492 e. The highest BCUT2D eigenvalue weighted by Gasteiger charge is 2.27.